The van der Waals surface area contributed by atoms with E-state index in [9.17, 15) is 0 Å². The first-order valence-electron chi connectivity index (χ1n) is 8.26. The fourth-order valence-corrected chi connectivity index (χ4v) is 2.90. The van der Waals surface area contributed by atoms with E-state index in [2.05, 4.69) is 15.9 Å². The highest BCUT2D eigenvalue weighted by Gasteiger charge is 2.14. The van der Waals surface area contributed by atoms with Crippen LogP contribution in [0.25, 0.3) is 33.9 Å². The van der Waals surface area contributed by atoms with Crippen molar-refractivity contribution in [3.8, 4) is 46.2 Å². The van der Waals surface area contributed by atoms with Crippen LogP contribution in [0.1, 0.15) is 5.56 Å². The highest BCUT2D eigenvalue weighted by atomic mass is 14.8. The SMILES string of the molecule is C#Cc1ccnc(-c2cccc(-c3ccccn3)n2)c1-c1ccccc1. The summed E-state index contributed by atoms with van der Waals surface area (Å²) in [4.78, 5) is 13.8. The Labute approximate surface area is 152 Å². The van der Waals surface area contributed by atoms with Crippen LogP contribution < -0.4 is 0 Å². The van der Waals surface area contributed by atoms with Gasteiger partial charge in [-0.2, -0.15) is 0 Å². The van der Waals surface area contributed by atoms with Crippen molar-refractivity contribution in [2.75, 3.05) is 0 Å². The molecule has 0 aliphatic carbocycles. The lowest BCUT2D eigenvalue weighted by atomic mass is 9.97. The van der Waals surface area contributed by atoms with Gasteiger partial charge in [0.15, 0.2) is 0 Å². The monoisotopic (exact) mass is 333 g/mol. The molecule has 0 fully saturated rings. The topological polar surface area (TPSA) is 38.7 Å². The first-order valence-corrected chi connectivity index (χ1v) is 8.26. The standard InChI is InChI=1S/C23H15N3/c1-2-17-14-16-25-23(22(17)18-9-4-3-5-10-18)21-13-8-12-20(26-21)19-11-6-7-15-24-19/h1,3-16H. The fourth-order valence-electron chi connectivity index (χ4n) is 2.90. The third-order valence-corrected chi connectivity index (χ3v) is 4.09. The molecule has 4 aromatic rings. The van der Waals surface area contributed by atoms with E-state index < -0.39 is 0 Å². The van der Waals surface area contributed by atoms with Gasteiger partial charge in [0.05, 0.1) is 22.8 Å². The summed E-state index contributed by atoms with van der Waals surface area (Å²) in [6, 6.07) is 23.5. The van der Waals surface area contributed by atoms with Gasteiger partial charge in [-0.3, -0.25) is 9.97 Å². The second-order valence-corrected chi connectivity index (χ2v) is 5.72. The smallest absolute Gasteiger partial charge is 0.0977 e. The number of rotatable bonds is 3. The molecule has 0 saturated heterocycles. The number of terminal acetylenes is 1. The maximum atomic E-state index is 5.75. The van der Waals surface area contributed by atoms with Crippen molar-refractivity contribution in [3.63, 3.8) is 0 Å². The van der Waals surface area contributed by atoms with Crippen molar-refractivity contribution in [1.29, 1.82) is 0 Å². The van der Waals surface area contributed by atoms with E-state index in [1.807, 2.05) is 72.8 Å². The Hall–Kier alpha value is -3.77. The molecule has 3 heteroatoms. The molecule has 0 bridgehead atoms. The van der Waals surface area contributed by atoms with Crippen molar-refractivity contribution in [2.24, 2.45) is 0 Å². The molecule has 0 saturated carbocycles. The normalized spacial score (nSPS) is 10.3. The zero-order valence-corrected chi connectivity index (χ0v) is 14.0. The Kier molecular flexibility index (Phi) is 4.24. The van der Waals surface area contributed by atoms with E-state index in [0.717, 1.165) is 39.5 Å². The number of pyridine rings is 3. The predicted octanol–water partition coefficient (Wildman–Crippen LogP) is 4.85. The van der Waals surface area contributed by atoms with Crippen molar-refractivity contribution < 1.29 is 0 Å². The average molecular weight is 333 g/mol. The highest BCUT2D eigenvalue weighted by Crippen LogP contribution is 2.32. The van der Waals surface area contributed by atoms with Crippen LogP contribution in [0.15, 0.2) is 85.2 Å². The second-order valence-electron chi connectivity index (χ2n) is 5.72. The van der Waals surface area contributed by atoms with Crippen LogP contribution in [0.5, 0.6) is 0 Å². The zero-order chi connectivity index (χ0) is 17.8. The molecular weight excluding hydrogens is 318 g/mol. The summed E-state index contributed by atoms with van der Waals surface area (Å²) in [5.74, 6) is 2.77. The molecule has 0 unspecified atom stereocenters. The largest absolute Gasteiger partial charge is 0.255 e. The molecule has 4 rings (SSSR count). The van der Waals surface area contributed by atoms with E-state index in [4.69, 9.17) is 11.4 Å². The van der Waals surface area contributed by atoms with E-state index in [-0.39, 0.29) is 0 Å². The Bertz CT molecular complexity index is 1080. The van der Waals surface area contributed by atoms with Crippen molar-refractivity contribution in [1.82, 2.24) is 15.0 Å². The van der Waals surface area contributed by atoms with E-state index in [1.165, 1.54) is 0 Å². The van der Waals surface area contributed by atoms with Gasteiger partial charge in [-0.1, -0.05) is 48.4 Å². The first kappa shape index (κ1) is 15.7. The minimum absolute atomic E-state index is 0.768. The molecule has 0 aliphatic heterocycles. The minimum Gasteiger partial charge on any atom is -0.255 e. The van der Waals surface area contributed by atoms with Crippen LogP contribution in [0.3, 0.4) is 0 Å². The first-order chi connectivity index (χ1) is 12.9. The van der Waals surface area contributed by atoms with Gasteiger partial charge in [0.25, 0.3) is 0 Å². The van der Waals surface area contributed by atoms with E-state index in [0.29, 0.717) is 0 Å². The molecule has 0 amide bonds. The van der Waals surface area contributed by atoms with Crippen LogP contribution in [-0.4, -0.2) is 15.0 Å². The summed E-state index contributed by atoms with van der Waals surface area (Å²) in [5.41, 5.74) is 5.90. The van der Waals surface area contributed by atoms with E-state index in [1.54, 1.807) is 12.4 Å². The zero-order valence-electron chi connectivity index (χ0n) is 14.0. The summed E-state index contributed by atoms with van der Waals surface area (Å²) in [6.45, 7) is 0. The van der Waals surface area contributed by atoms with Crippen LogP contribution in [0, 0.1) is 12.3 Å². The Morgan fingerprint density at radius 1 is 0.654 bits per heavy atom. The third kappa shape index (κ3) is 2.97. The Morgan fingerprint density at radius 2 is 1.42 bits per heavy atom. The molecule has 0 radical (unpaired) electrons. The molecule has 0 spiro atoms. The lowest BCUT2D eigenvalue weighted by Crippen LogP contribution is -1.96. The molecule has 1 aromatic carbocycles. The molecule has 0 N–H and O–H groups in total. The van der Waals surface area contributed by atoms with E-state index >= 15 is 0 Å². The average Bonchev–Trinajstić information content (AvgIpc) is 2.74. The van der Waals surface area contributed by atoms with Crippen molar-refractivity contribution in [2.45, 2.75) is 0 Å². The maximum Gasteiger partial charge on any atom is 0.0977 e. The molecule has 3 heterocycles. The Morgan fingerprint density at radius 3 is 2.19 bits per heavy atom. The van der Waals surface area contributed by atoms with Gasteiger partial charge in [-0.05, 0) is 35.9 Å². The fraction of sp³-hybridized carbons (Fsp3) is 0. The number of hydrogen-bond donors (Lipinski definition) is 0. The van der Waals surface area contributed by atoms with Crippen molar-refractivity contribution >= 4 is 0 Å². The summed E-state index contributed by atoms with van der Waals surface area (Å²) < 4.78 is 0. The minimum atomic E-state index is 0.768. The van der Waals surface area contributed by atoms with Gasteiger partial charge in [0.2, 0.25) is 0 Å². The predicted molar refractivity (Wildman–Crippen MR) is 104 cm³/mol. The number of hydrogen-bond acceptors (Lipinski definition) is 3. The molecule has 3 nitrogen and oxygen atoms in total. The summed E-state index contributed by atoms with van der Waals surface area (Å²) in [6.07, 6.45) is 9.24. The van der Waals surface area contributed by atoms with Gasteiger partial charge in [-0.25, -0.2) is 4.98 Å². The third-order valence-electron chi connectivity index (χ3n) is 4.09. The Balaban J connectivity index is 1.91. The van der Waals surface area contributed by atoms with Gasteiger partial charge in [0.1, 0.15) is 0 Å². The number of nitrogens with zero attached hydrogens (tertiary/aromatic N) is 3. The molecule has 122 valence electrons. The van der Waals surface area contributed by atoms with Gasteiger partial charge in [0, 0.05) is 23.5 Å². The van der Waals surface area contributed by atoms with Crippen LogP contribution >= 0.6 is 0 Å². The second kappa shape index (κ2) is 7.00. The maximum absolute atomic E-state index is 5.75. The number of aromatic nitrogens is 3. The number of benzene rings is 1. The molecule has 0 aliphatic rings. The molecule has 3 aromatic heterocycles. The summed E-state index contributed by atoms with van der Waals surface area (Å²) in [7, 11) is 0. The van der Waals surface area contributed by atoms with Gasteiger partial charge >= 0.3 is 0 Å². The summed E-state index contributed by atoms with van der Waals surface area (Å²) in [5, 5.41) is 0. The van der Waals surface area contributed by atoms with Crippen LogP contribution in [-0.2, 0) is 0 Å². The van der Waals surface area contributed by atoms with Gasteiger partial charge < -0.3 is 0 Å². The van der Waals surface area contributed by atoms with Crippen LogP contribution in [0.2, 0.25) is 0 Å². The lowest BCUT2D eigenvalue weighted by Gasteiger charge is -2.12. The highest BCUT2D eigenvalue weighted by molar-refractivity contribution is 5.84. The molecule has 0 atom stereocenters. The summed E-state index contributed by atoms with van der Waals surface area (Å²) >= 11 is 0. The van der Waals surface area contributed by atoms with Gasteiger partial charge in [-0.15, -0.1) is 6.42 Å². The molecule has 26 heavy (non-hydrogen) atoms. The van der Waals surface area contributed by atoms with Crippen LogP contribution in [0.4, 0.5) is 0 Å². The lowest BCUT2D eigenvalue weighted by molar-refractivity contribution is 1.22. The molecular formula is C23H15N3. The quantitative estimate of drug-likeness (QED) is 0.503. The van der Waals surface area contributed by atoms with Crippen molar-refractivity contribution in [3.05, 3.63) is 90.8 Å².